The van der Waals surface area contributed by atoms with Gasteiger partial charge in [0.15, 0.2) is 0 Å². The smallest absolute Gasteiger partial charge is 0.227 e. The number of aryl methyl sites for hydroxylation is 1. The zero-order chi connectivity index (χ0) is 21.1. The molecule has 1 aliphatic rings. The molecule has 0 aliphatic carbocycles. The summed E-state index contributed by atoms with van der Waals surface area (Å²) < 4.78 is 0. The molecule has 154 valence electrons. The van der Waals surface area contributed by atoms with Gasteiger partial charge in [0.1, 0.15) is 5.82 Å². The van der Waals surface area contributed by atoms with Crippen molar-refractivity contribution in [1.82, 2.24) is 15.3 Å². The second-order valence-corrected chi connectivity index (χ2v) is 7.76. The van der Waals surface area contributed by atoms with Crippen LogP contribution in [0.3, 0.4) is 0 Å². The van der Waals surface area contributed by atoms with Gasteiger partial charge in [0.2, 0.25) is 11.8 Å². The maximum absolute atomic E-state index is 12.9. The molecule has 3 aromatic rings. The van der Waals surface area contributed by atoms with Crippen LogP contribution in [-0.4, -0.2) is 28.3 Å². The molecule has 2 atom stereocenters. The fourth-order valence-corrected chi connectivity index (χ4v) is 3.79. The molecule has 1 saturated heterocycles. The van der Waals surface area contributed by atoms with Crippen LogP contribution in [0.25, 0.3) is 11.3 Å². The van der Waals surface area contributed by atoms with E-state index in [1.807, 2.05) is 68.4 Å². The van der Waals surface area contributed by atoms with Gasteiger partial charge in [-0.15, -0.1) is 0 Å². The number of benzene rings is 2. The number of H-pyrrole nitrogens is 1. The molecule has 6 nitrogen and oxygen atoms in total. The molecule has 2 unspecified atom stereocenters. The van der Waals surface area contributed by atoms with Crippen molar-refractivity contribution < 1.29 is 9.59 Å². The molecule has 1 aromatic heterocycles. The van der Waals surface area contributed by atoms with Gasteiger partial charge in [-0.25, -0.2) is 4.98 Å². The van der Waals surface area contributed by atoms with Gasteiger partial charge in [0, 0.05) is 18.7 Å². The standard InChI is InChI=1S/C24H26N4O2/c1-3-20(23-25-14-21(26-23)17-7-5-4-6-8-17)27-24(30)18-13-22(29)28(15-18)19-11-9-16(2)10-12-19/h4-12,14,18,20H,3,13,15H2,1-2H3,(H,25,26)(H,27,30). The quantitative estimate of drug-likeness (QED) is 0.654. The monoisotopic (exact) mass is 402 g/mol. The maximum atomic E-state index is 12.9. The maximum Gasteiger partial charge on any atom is 0.227 e. The van der Waals surface area contributed by atoms with Crippen LogP contribution in [0, 0.1) is 12.8 Å². The van der Waals surface area contributed by atoms with Gasteiger partial charge in [0.25, 0.3) is 0 Å². The second-order valence-electron chi connectivity index (χ2n) is 7.76. The number of carbonyl (C=O) groups is 2. The molecule has 1 fully saturated rings. The Morgan fingerprint density at radius 2 is 1.93 bits per heavy atom. The van der Waals surface area contributed by atoms with Crippen molar-refractivity contribution in [2.45, 2.75) is 32.7 Å². The Labute approximate surface area is 176 Å². The van der Waals surface area contributed by atoms with Crippen molar-refractivity contribution in [2.24, 2.45) is 5.92 Å². The van der Waals surface area contributed by atoms with E-state index in [9.17, 15) is 9.59 Å². The van der Waals surface area contributed by atoms with Gasteiger partial charge in [-0.1, -0.05) is 55.0 Å². The van der Waals surface area contributed by atoms with Gasteiger partial charge in [-0.05, 0) is 31.0 Å². The minimum Gasteiger partial charge on any atom is -0.346 e. The molecule has 1 aliphatic heterocycles. The molecule has 4 rings (SSSR count). The molecule has 2 amide bonds. The van der Waals surface area contributed by atoms with E-state index in [1.165, 1.54) is 0 Å². The number of nitrogens with zero attached hydrogens (tertiary/aromatic N) is 2. The average Bonchev–Trinajstić information content (AvgIpc) is 3.40. The number of rotatable bonds is 6. The Bertz CT molecular complexity index is 1030. The third kappa shape index (κ3) is 4.13. The van der Waals surface area contributed by atoms with E-state index >= 15 is 0 Å². The fraction of sp³-hybridized carbons (Fsp3) is 0.292. The number of aromatic nitrogens is 2. The van der Waals surface area contributed by atoms with E-state index in [2.05, 4.69) is 15.3 Å². The number of hydrogen-bond donors (Lipinski definition) is 2. The Morgan fingerprint density at radius 3 is 2.63 bits per heavy atom. The third-order valence-electron chi connectivity index (χ3n) is 5.58. The minimum absolute atomic E-state index is 0.0172. The number of amides is 2. The van der Waals surface area contributed by atoms with Crippen molar-refractivity contribution in [2.75, 3.05) is 11.4 Å². The summed E-state index contributed by atoms with van der Waals surface area (Å²) in [5.41, 5.74) is 3.94. The number of carbonyl (C=O) groups excluding carboxylic acids is 2. The lowest BCUT2D eigenvalue weighted by Gasteiger charge is -2.19. The topological polar surface area (TPSA) is 78.1 Å². The van der Waals surface area contributed by atoms with E-state index in [-0.39, 0.29) is 30.2 Å². The Kier molecular flexibility index (Phi) is 5.65. The van der Waals surface area contributed by atoms with Crippen molar-refractivity contribution >= 4 is 17.5 Å². The second kappa shape index (κ2) is 8.53. The summed E-state index contributed by atoms with van der Waals surface area (Å²) in [5, 5.41) is 3.08. The van der Waals surface area contributed by atoms with E-state index < -0.39 is 0 Å². The summed E-state index contributed by atoms with van der Waals surface area (Å²) in [4.78, 5) is 34.9. The number of hydrogen-bond acceptors (Lipinski definition) is 3. The molecular formula is C24H26N4O2. The summed E-state index contributed by atoms with van der Waals surface area (Å²) in [5.74, 6) is 0.236. The largest absolute Gasteiger partial charge is 0.346 e. The molecule has 2 aromatic carbocycles. The normalized spacial score (nSPS) is 17.2. The lowest BCUT2D eigenvalue weighted by Crippen LogP contribution is -2.35. The van der Waals surface area contributed by atoms with Gasteiger partial charge in [-0.2, -0.15) is 0 Å². The molecule has 2 N–H and O–H groups in total. The first-order valence-electron chi connectivity index (χ1n) is 10.3. The number of imidazole rings is 1. The first kappa shape index (κ1) is 19.9. The minimum atomic E-state index is -0.364. The van der Waals surface area contributed by atoms with Crippen molar-refractivity contribution in [3.05, 3.63) is 72.2 Å². The summed E-state index contributed by atoms with van der Waals surface area (Å²) in [6.45, 7) is 4.42. The van der Waals surface area contributed by atoms with Crippen LogP contribution in [-0.2, 0) is 9.59 Å². The predicted octanol–water partition coefficient (Wildman–Crippen LogP) is 4.01. The summed E-state index contributed by atoms with van der Waals surface area (Å²) >= 11 is 0. The fourth-order valence-electron chi connectivity index (χ4n) is 3.79. The van der Waals surface area contributed by atoms with Crippen molar-refractivity contribution in [3.8, 4) is 11.3 Å². The van der Waals surface area contributed by atoms with E-state index in [1.54, 1.807) is 11.1 Å². The zero-order valence-corrected chi connectivity index (χ0v) is 17.3. The van der Waals surface area contributed by atoms with Crippen molar-refractivity contribution in [3.63, 3.8) is 0 Å². The molecule has 30 heavy (non-hydrogen) atoms. The first-order chi connectivity index (χ1) is 14.5. The van der Waals surface area contributed by atoms with Crippen LogP contribution >= 0.6 is 0 Å². The zero-order valence-electron chi connectivity index (χ0n) is 17.3. The van der Waals surface area contributed by atoms with Crippen LogP contribution in [0.5, 0.6) is 0 Å². The van der Waals surface area contributed by atoms with E-state index in [4.69, 9.17) is 0 Å². The van der Waals surface area contributed by atoms with Crippen LogP contribution in [0.4, 0.5) is 5.69 Å². The van der Waals surface area contributed by atoms with Gasteiger partial charge >= 0.3 is 0 Å². The lowest BCUT2D eigenvalue weighted by molar-refractivity contribution is -0.127. The molecule has 0 saturated carbocycles. The highest BCUT2D eigenvalue weighted by atomic mass is 16.2. The molecule has 0 radical (unpaired) electrons. The first-order valence-corrected chi connectivity index (χ1v) is 10.3. The van der Waals surface area contributed by atoms with Crippen LogP contribution in [0.2, 0.25) is 0 Å². The Morgan fingerprint density at radius 1 is 1.20 bits per heavy atom. The van der Waals surface area contributed by atoms with Gasteiger partial charge in [-0.3, -0.25) is 9.59 Å². The molecule has 0 spiro atoms. The molecule has 6 heteroatoms. The highest BCUT2D eigenvalue weighted by Gasteiger charge is 2.36. The lowest BCUT2D eigenvalue weighted by atomic mass is 10.1. The highest BCUT2D eigenvalue weighted by Crippen LogP contribution is 2.27. The summed E-state index contributed by atoms with van der Waals surface area (Å²) in [7, 11) is 0. The van der Waals surface area contributed by atoms with Gasteiger partial charge in [0.05, 0.1) is 23.9 Å². The van der Waals surface area contributed by atoms with Crippen LogP contribution < -0.4 is 10.2 Å². The number of anilines is 1. The Balaban J connectivity index is 1.43. The number of nitrogens with one attached hydrogen (secondary N) is 2. The Hall–Kier alpha value is -3.41. The third-order valence-corrected chi connectivity index (χ3v) is 5.58. The molecule has 0 bridgehead atoms. The van der Waals surface area contributed by atoms with E-state index in [0.29, 0.717) is 13.0 Å². The molecular weight excluding hydrogens is 376 g/mol. The summed E-state index contributed by atoms with van der Waals surface area (Å²) in [6.07, 6.45) is 2.72. The average molecular weight is 402 g/mol. The van der Waals surface area contributed by atoms with Gasteiger partial charge < -0.3 is 15.2 Å². The van der Waals surface area contributed by atoms with E-state index in [0.717, 1.165) is 28.3 Å². The SMILES string of the molecule is CCC(NC(=O)C1CC(=O)N(c2ccc(C)cc2)C1)c1ncc(-c2ccccc2)[nH]1. The highest BCUT2D eigenvalue weighted by molar-refractivity contribution is 6.00. The predicted molar refractivity (Wildman–Crippen MR) is 117 cm³/mol. The molecule has 2 heterocycles. The summed E-state index contributed by atoms with van der Waals surface area (Å²) in [6, 6.07) is 17.5. The van der Waals surface area contributed by atoms with Crippen LogP contribution in [0.1, 0.15) is 37.2 Å². The van der Waals surface area contributed by atoms with Crippen molar-refractivity contribution in [1.29, 1.82) is 0 Å². The van der Waals surface area contributed by atoms with Crippen LogP contribution in [0.15, 0.2) is 60.8 Å². The number of aromatic amines is 1.